The summed E-state index contributed by atoms with van der Waals surface area (Å²) in [5.41, 5.74) is -4.03. The smallest absolute Gasteiger partial charge is 0.371 e. The lowest BCUT2D eigenvalue weighted by Crippen LogP contribution is -2.40. The van der Waals surface area contributed by atoms with Crippen LogP contribution in [0.15, 0.2) is 30.3 Å². The summed E-state index contributed by atoms with van der Waals surface area (Å²) >= 11 is 0. The second-order valence-corrected chi connectivity index (χ2v) is 9.00. The van der Waals surface area contributed by atoms with Gasteiger partial charge in [0, 0.05) is 29.5 Å². The van der Waals surface area contributed by atoms with Gasteiger partial charge in [0.15, 0.2) is 0 Å². The second kappa shape index (κ2) is 9.04. The summed E-state index contributed by atoms with van der Waals surface area (Å²) < 4.78 is 65.2. The Labute approximate surface area is 179 Å². The molecule has 1 heterocycles. The lowest BCUT2D eigenvalue weighted by atomic mass is 9.94. The molecular weight excluding hydrogens is 433 g/mol. The van der Waals surface area contributed by atoms with E-state index in [4.69, 9.17) is 0 Å². The highest BCUT2D eigenvalue weighted by Crippen LogP contribution is 2.37. The highest BCUT2D eigenvalue weighted by atomic mass is 32.2. The number of benzene rings is 2. The van der Waals surface area contributed by atoms with Crippen molar-refractivity contribution in [1.82, 2.24) is 5.06 Å². The van der Waals surface area contributed by atoms with Crippen LogP contribution < -0.4 is 4.90 Å². The van der Waals surface area contributed by atoms with Gasteiger partial charge in [0.05, 0.1) is 12.1 Å². The number of alkyl halides is 3. The predicted octanol–water partition coefficient (Wildman–Crippen LogP) is 4.98. The summed E-state index contributed by atoms with van der Waals surface area (Å²) in [6, 6.07) is 8.57. The Morgan fingerprint density at radius 2 is 1.71 bits per heavy atom. The van der Waals surface area contributed by atoms with E-state index in [1.807, 2.05) is 6.07 Å². The minimum atomic E-state index is -5.95. The average Bonchev–Trinajstić information content (AvgIpc) is 2.71. The molecule has 31 heavy (non-hydrogen) atoms. The zero-order valence-electron chi connectivity index (χ0n) is 17.4. The summed E-state index contributed by atoms with van der Waals surface area (Å²) in [5, 5.41) is 1.69. The quantitative estimate of drug-likeness (QED) is 0.496. The third-order valence-corrected chi connectivity index (χ3v) is 6.19. The Hall–Kier alpha value is -2.33. The van der Waals surface area contributed by atoms with Crippen LogP contribution in [0.25, 0.3) is 10.8 Å². The molecule has 0 aromatic heterocycles. The average molecular weight is 459 g/mol. The highest BCUT2D eigenvalue weighted by Gasteiger charge is 2.50. The number of carbonyl (C=O) groups is 1. The number of amides is 1. The summed E-state index contributed by atoms with van der Waals surface area (Å²) in [5.74, 6) is -0.920. The largest absolute Gasteiger partial charge is 0.525 e. The Bertz CT molecular complexity index is 1060. The van der Waals surface area contributed by atoms with E-state index >= 15 is 0 Å². The molecule has 0 saturated heterocycles. The first-order valence-corrected chi connectivity index (χ1v) is 11.6. The van der Waals surface area contributed by atoms with E-state index in [1.165, 1.54) is 6.07 Å². The zero-order valence-corrected chi connectivity index (χ0v) is 18.2. The third kappa shape index (κ3) is 4.64. The lowest BCUT2D eigenvalue weighted by molar-refractivity contribution is -0.0886. The van der Waals surface area contributed by atoms with Crippen LogP contribution >= 0.6 is 0 Å². The summed E-state index contributed by atoms with van der Waals surface area (Å²) in [4.78, 5) is 15.0. The Balaban J connectivity index is 2.03. The van der Waals surface area contributed by atoms with Crippen LogP contribution in [0.2, 0.25) is 0 Å². The van der Waals surface area contributed by atoms with Crippen LogP contribution in [0.5, 0.6) is 0 Å². The van der Waals surface area contributed by atoms with Crippen molar-refractivity contribution in [1.29, 1.82) is 0 Å². The van der Waals surface area contributed by atoms with Crippen molar-refractivity contribution >= 4 is 32.5 Å². The molecule has 0 aliphatic carbocycles. The second-order valence-electron chi connectivity index (χ2n) is 7.48. The SMILES string of the molecule is CCCCN(CCCC)c1ccc2c3c(cccc13)CN(OS(=O)(=O)C(F)(F)F)C2=O. The van der Waals surface area contributed by atoms with Crippen molar-refractivity contribution < 1.29 is 30.7 Å². The van der Waals surface area contributed by atoms with Crippen LogP contribution in [-0.2, 0) is 20.9 Å². The minimum absolute atomic E-state index is 0.115. The third-order valence-electron chi connectivity index (χ3n) is 5.25. The van der Waals surface area contributed by atoms with Crippen LogP contribution in [0.4, 0.5) is 18.9 Å². The van der Waals surface area contributed by atoms with Crippen molar-refractivity contribution in [3.05, 3.63) is 41.5 Å². The molecule has 1 aliphatic rings. The summed E-state index contributed by atoms with van der Waals surface area (Å²) in [6.07, 6.45) is 4.07. The van der Waals surface area contributed by atoms with Crippen molar-refractivity contribution in [3.63, 3.8) is 0 Å². The molecule has 10 heteroatoms. The fraction of sp³-hybridized carbons (Fsp3) is 0.476. The normalized spacial score (nSPS) is 14.4. The molecule has 0 saturated carbocycles. The first-order valence-electron chi connectivity index (χ1n) is 10.2. The van der Waals surface area contributed by atoms with Crippen molar-refractivity contribution in [2.24, 2.45) is 0 Å². The number of hydrogen-bond donors (Lipinski definition) is 0. The summed E-state index contributed by atoms with van der Waals surface area (Å²) in [7, 11) is -5.95. The van der Waals surface area contributed by atoms with Gasteiger partial charge in [0.2, 0.25) is 0 Å². The van der Waals surface area contributed by atoms with Crippen molar-refractivity contribution in [2.45, 2.75) is 51.6 Å². The molecule has 0 atom stereocenters. The number of anilines is 1. The number of hydroxylamine groups is 2. The van der Waals surface area contributed by atoms with E-state index in [2.05, 4.69) is 23.0 Å². The predicted molar refractivity (Wildman–Crippen MR) is 112 cm³/mol. The molecule has 0 bridgehead atoms. The fourth-order valence-corrected chi connectivity index (χ4v) is 4.13. The highest BCUT2D eigenvalue weighted by molar-refractivity contribution is 7.87. The molecule has 0 fully saturated rings. The molecule has 0 unspecified atom stereocenters. The van der Waals surface area contributed by atoms with Gasteiger partial charge >= 0.3 is 15.6 Å². The van der Waals surface area contributed by atoms with Gasteiger partial charge in [-0.1, -0.05) is 44.9 Å². The van der Waals surface area contributed by atoms with Crippen LogP contribution in [0.1, 0.15) is 55.5 Å². The molecule has 1 amide bonds. The Morgan fingerprint density at radius 3 is 2.29 bits per heavy atom. The van der Waals surface area contributed by atoms with Crippen molar-refractivity contribution in [2.75, 3.05) is 18.0 Å². The molecule has 6 nitrogen and oxygen atoms in total. The van der Waals surface area contributed by atoms with Crippen LogP contribution in [-0.4, -0.2) is 38.0 Å². The Kier molecular flexibility index (Phi) is 6.80. The molecule has 1 aliphatic heterocycles. The molecule has 170 valence electrons. The fourth-order valence-electron chi connectivity index (χ4n) is 3.69. The van der Waals surface area contributed by atoms with Gasteiger partial charge in [0.25, 0.3) is 5.91 Å². The number of halogens is 3. The molecule has 0 spiro atoms. The monoisotopic (exact) mass is 458 g/mol. The van der Waals surface area contributed by atoms with Gasteiger partial charge in [-0.3, -0.25) is 4.79 Å². The minimum Gasteiger partial charge on any atom is -0.371 e. The van der Waals surface area contributed by atoms with Gasteiger partial charge in [-0.25, -0.2) is 0 Å². The molecular formula is C21H25F3N2O4S. The van der Waals surface area contributed by atoms with Gasteiger partial charge in [-0.05, 0) is 30.5 Å². The summed E-state index contributed by atoms with van der Waals surface area (Å²) in [6.45, 7) is 5.52. The van der Waals surface area contributed by atoms with Gasteiger partial charge in [-0.2, -0.15) is 26.7 Å². The number of carbonyl (C=O) groups excluding carboxylic acids is 1. The first-order chi connectivity index (χ1) is 14.6. The van der Waals surface area contributed by atoms with E-state index in [-0.39, 0.29) is 10.6 Å². The maximum Gasteiger partial charge on any atom is 0.525 e. The van der Waals surface area contributed by atoms with E-state index in [1.54, 1.807) is 18.2 Å². The van der Waals surface area contributed by atoms with Gasteiger partial charge in [0.1, 0.15) is 0 Å². The van der Waals surface area contributed by atoms with Crippen molar-refractivity contribution in [3.8, 4) is 0 Å². The number of rotatable bonds is 9. The topological polar surface area (TPSA) is 66.9 Å². The maximum atomic E-state index is 12.8. The molecule has 3 rings (SSSR count). The molecule has 2 aromatic carbocycles. The van der Waals surface area contributed by atoms with E-state index in [0.29, 0.717) is 10.9 Å². The van der Waals surface area contributed by atoms with E-state index in [0.717, 1.165) is 49.8 Å². The zero-order chi connectivity index (χ0) is 22.8. The molecule has 2 aromatic rings. The van der Waals surface area contributed by atoms with Gasteiger partial charge < -0.3 is 4.90 Å². The van der Waals surface area contributed by atoms with E-state index in [9.17, 15) is 26.4 Å². The van der Waals surface area contributed by atoms with Gasteiger partial charge in [-0.15, -0.1) is 4.28 Å². The lowest BCUT2D eigenvalue weighted by Gasteiger charge is -2.31. The number of unbranched alkanes of at least 4 members (excludes halogenated alkanes) is 2. The van der Waals surface area contributed by atoms with Crippen LogP contribution in [0.3, 0.4) is 0 Å². The number of nitrogens with zero attached hydrogens (tertiary/aromatic N) is 2. The first kappa shape index (κ1) is 23.3. The molecule has 0 N–H and O–H groups in total. The Morgan fingerprint density at radius 1 is 1.06 bits per heavy atom. The maximum absolute atomic E-state index is 12.8. The molecule has 0 radical (unpaired) electrons. The van der Waals surface area contributed by atoms with E-state index < -0.39 is 28.1 Å². The standard InChI is InChI=1S/C21H25F3N2O4S/c1-3-5-12-25(13-6-4-2)18-11-10-17-19-15(8-7-9-16(18)19)14-26(20(17)27)30-31(28,29)21(22,23)24/h7-11H,3-6,12-14H2,1-2H3. The number of hydrogen-bond acceptors (Lipinski definition) is 5. The van der Waals surface area contributed by atoms with Crippen LogP contribution in [0, 0.1) is 0 Å².